The fraction of sp³-hybridized carbons (Fsp3) is 0.556. The number of hydrogen-bond donors (Lipinski definition) is 1. The summed E-state index contributed by atoms with van der Waals surface area (Å²) >= 11 is 0. The first-order chi connectivity index (χ1) is 11.0. The van der Waals surface area contributed by atoms with Gasteiger partial charge in [-0.3, -0.25) is 4.79 Å². The fourth-order valence-corrected chi connectivity index (χ4v) is 2.89. The Morgan fingerprint density at radius 3 is 2.26 bits per heavy atom. The number of nitrogens with one attached hydrogen (secondary N) is 1. The van der Waals surface area contributed by atoms with Crippen molar-refractivity contribution in [1.82, 2.24) is 10.2 Å². The Bertz CT molecular complexity index is 532. The molecule has 1 aromatic carbocycles. The number of likely N-dealkylation sites (tertiary alicyclic amines) is 1. The molecule has 2 rings (SSSR count). The zero-order chi connectivity index (χ0) is 16.8. The predicted octanol–water partition coefficient (Wildman–Crippen LogP) is 2.32. The molecule has 23 heavy (non-hydrogen) atoms. The molecule has 0 saturated carbocycles. The molecule has 0 unspecified atom stereocenters. The summed E-state index contributed by atoms with van der Waals surface area (Å²) in [6, 6.07) is 7.13. The number of benzene rings is 1. The van der Waals surface area contributed by atoms with Crippen LogP contribution in [0.15, 0.2) is 24.3 Å². The third kappa shape index (κ3) is 4.79. The van der Waals surface area contributed by atoms with Crippen molar-refractivity contribution in [1.29, 1.82) is 0 Å². The molecule has 1 amide bonds. The van der Waals surface area contributed by atoms with Crippen LogP contribution in [-0.2, 0) is 4.74 Å². The summed E-state index contributed by atoms with van der Waals surface area (Å²) in [5.74, 6) is 0.0601. The molecule has 0 spiro atoms. The molecule has 0 radical (unpaired) electrons. The van der Waals surface area contributed by atoms with Gasteiger partial charge in [-0.2, -0.15) is 0 Å². The fourth-order valence-electron chi connectivity index (χ4n) is 2.89. The molecule has 0 atom stereocenters. The van der Waals surface area contributed by atoms with E-state index in [1.165, 1.54) is 7.11 Å². The molecule has 5 nitrogen and oxygen atoms in total. The Morgan fingerprint density at radius 1 is 1.17 bits per heavy atom. The second-order valence-corrected chi connectivity index (χ2v) is 6.35. The zero-order valence-corrected chi connectivity index (χ0v) is 14.2. The van der Waals surface area contributed by atoms with Gasteiger partial charge in [0.2, 0.25) is 0 Å². The summed E-state index contributed by atoms with van der Waals surface area (Å²) in [6.07, 6.45) is 2.25. The van der Waals surface area contributed by atoms with Gasteiger partial charge in [-0.05, 0) is 70.0 Å². The van der Waals surface area contributed by atoms with Crippen LogP contribution >= 0.6 is 0 Å². The number of ether oxygens (including phenoxy) is 1. The van der Waals surface area contributed by atoms with E-state index in [0.717, 1.165) is 25.9 Å². The van der Waals surface area contributed by atoms with E-state index in [1.54, 1.807) is 24.3 Å². The first-order valence-corrected chi connectivity index (χ1v) is 8.22. The number of hydrogen-bond acceptors (Lipinski definition) is 4. The van der Waals surface area contributed by atoms with Gasteiger partial charge in [0, 0.05) is 18.2 Å². The third-order valence-corrected chi connectivity index (χ3v) is 4.50. The molecule has 126 valence electrons. The number of amides is 1. The van der Waals surface area contributed by atoms with Crippen molar-refractivity contribution in [3.05, 3.63) is 35.4 Å². The normalized spacial score (nSPS) is 16.3. The number of esters is 1. The van der Waals surface area contributed by atoms with Crippen LogP contribution in [0.2, 0.25) is 0 Å². The van der Waals surface area contributed by atoms with Gasteiger partial charge < -0.3 is 15.0 Å². The molecule has 5 heteroatoms. The van der Waals surface area contributed by atoms with E-state index in [4.69, 9.17) is 0 Å². The Hall–Kier alpha value is -1.88. The molecule has 0 aliphatic carbocycles. The molecular formula is C18H26N2O3. The van der Waals surface area contributed by atoms with E-state index in [2.05, 4.69) is 28.8 Å². The molecular weight excluding hydrogens is 292 g/mol. The average molecular weight is 318 g/mol. The van der Waals surface area contributed by atoms with Crippen molar-refractivity contribution < 1.29 is 14.3 Å². The van der Waals surface area contributed by atoms with Crippen LogP contribution in [0, 0.1) is 5.92 Å². The average Bonchev–Trinajstić information content (AvgIpc) is 2.59. The maximum absolute atomic E-state index is 12.2. The number of carbonyl (C=O) groups excluding carboxylic acids is 2. The molecule has 1 aliphatic heterocycles. The highest BCUT2D eigenvalue weighted by Crippen LogP contribution is 2.18. The Morgan fingerprint density at radius 2 is 1.74 bits per heavy atom. The molecule has 1 N–H and O–H groups in total. The van der Waals surface area contributed by atoms with Crippen molar-refractivity contribution in [2.75, 3.05) is 26.7 Å². The number of carbonyl (C=O) groups is 2. The maximum Gasteiger partial charge on any atom is 0.337 e. The largest absolute Gasteiger partial charge is 0.465 e. The van der Waals surface area contributed by atoms with Crippen LogP contribution < -0.4 is 5.32 Å². The zero-order valence-electron chi connectivity index (χ0n) is 14.2. The highest BCUT2D eigenvalue weighted by Gasteiger charge is 2.21. The summed E-state index contributed by atoms with van der Waals surface area (Å²) in [7, 11) is 1.34. The monoisotopic (exact) mass is 318 g/mol. The topological polar surface area (TPSA) is 58.6 Å². The standard InChI is InChI=1S/C18H26N2O3/c1-13(2)20-10-8-14(9-11-20)12-19-17(21)15-4-6-16(7-5-15)18(22)23-3/h4-7,13-14H,8-12H2,1-3H3,(H,19,21). The van der Waals surface area contributed by atoms with E-state index in [1.807, 2.05) is 0 Å². The highest BCUT2D eigenvalue weighted by molar-refractivity contribution is 5.96. The molecule has 0 aromatic heterocycles. The second-order valence-electron chi connectivity index (χ2n) is 6.35. The minimum Gasteiger partial charge on any atom is -0.465 e. The highest BCUT2D eigenvalue weighted by atomic mass is 16.5. The lowest BCUT2D eigenvalue weighted by Gasteiger charge is -2.34. The molecule has 0 bridgehead atoms. The minimum absolute atomic E-state index is 0.0901. The first kappa shape index (κ1) is 17.5. The van der Waals surface area contributed by atoms with Crippen LogP contribution in [-0.4, -0.2) is 49.6 Å². The van der Waals surface area contributed by atoms with Crippen LogP contribution in [0.4, 0.5) is 0 Å². The van der Waals surface area contributed by atoms with Gasteiger partial charge >= 0.3 is 5.97 Å². The lowest BCUT2D eigenvalue weighted by molar-refractivity contribution is 0.0600. The van der Waals surface area contributed by atoms with Crippen molar-refractivity contribution in [3.8, 4) is 0 Å². The van der Waals surface area contributed by atoms with Crippen LogP contribution in [0.5, 0.6) is 0 Å². The van der Waals surface area contributed by atoms with Gasteiger partial charge in [0.05, 0.1) is 12.7 Å². The predicted molar refractivity (Wildman–Crippen MR) is 89.5 cm³/mol. The molecule has 1 saturated heterocycles. The SMILES string of the molecule is COC(=O)c1ccc(C(=O)NCC2CCN(C(C)C)CC2)cc1. The minimum atomic E-state index is -0.395. The van der Waals surface area contributed by atoms with Gasteiger partial charge in [0.25, 0.3) is 5.91 Å². The Labute approximate surface area is 138 Å². The van der Waals surface area contributed by atoms with Gasteiger partial charge in [0.15, 0.2) is 0 Å². The van der Waals surface area contributed by atoms with Crippen LogP contribution in [0.25, 0.3) is 0 Å². The van der Waals surface area contributed by atoms with E-state index in [-0.39, 0.29) is 5.91 Å². The lowest BCUT2D eigenvalue weighted by Crippen LogP contribution is -2.41. The van der Waals surface area contributed by atoms with Gasteiger partial charge in [-0.1, -0.05) is 0 Å². The van der Waals surface area contributed by atoms with E-state index >= 15 is 0 Å². The molecule has 1 aromatic rings. The quantitative estimate of drug-likeness (QED) is 0.847. The Kier molecular flexibility index (Phi) is 6.16. The van der Waals surface area contributed by atoms with Crippen molar-refractivity contribution in [3.63, 3.8) is 0 Å². The van der Waals surface area contributed by atoms with Gasteiger partial charge in [-0.15, -0.1) is 0 Å². The summed E-state index contributed by atoms with van der Waals surface area (Å²) in [4.78, 5) is 26.0. The number of rotatable bonds is 5. The third-order valence-electron chi connectivity index (χ3n) is 4.50. The lowest BCUT2D eigenvalue weighted by atomic mass is 9.96. The molecule has 1 heterocycles. The van der Waals surface area contributed by atoms with Crippen molar-refractivity contribution >= 4 is 11.9 Å². The summed E-state index contributed by atoms with van der Waals surface area (Å²) in [5, 5.41) is 3.00. The molecule has 1 aliphatic rings. The summed E-state index contributed by atoms with van der Waals surface area (Å²) in [5.41, 5.74) is 1.02. The van der Waals surface area contributed by atoms with Crippen LogP contribution in [0.3, 0.4) is 0 Å². The first-order valence-electron chi connectivity index (χ1n) is 8.22. The van der Waals surface area contributed by atoms with Gasteiger partial charge in [0.1, 0.15) is 0 Å². The summed E-state index contributed by atoms with van der Waals surface area (Å²) in [6.45, 7) is 7.36. The second kappa shape index (κ2) is 8.11. The smallest absolute Gasteiger partial charge is 0.337 e. The van der Waals surface area contributed by atoms with Gasteiger partial charge in [-0.25, -0.2) is 4.79 Å². The van der Waals surface area contributed by atoms with Crippen LogP contribution in [0.1, 0.15) is 47.4 Å². The number of nitrogens with zero attached hydrogens (tertiary/aromatic N) is 1. The number of methoxy groups -OCH3 is 1. The summed E-state index contributed by atoms with van der Waals surface area (Å²) < 4.78 is 4.65. The maximum atomic E-state index is 12.2. The van der Waals surface area contributed by atoms with E-state index in [9.17, 15) is 9.59 Å². The van der Waals surface area contributed by atoms with Crippen molar-refractivity contribution in [2.45, 2.75) is 32.7 Å². The number of piperidine rings is 1. The van der Waals surface area contributed by atoms with Crippen molar-refractivity contribution in [2.24, 2.45) is 5.92 Å². The Balaban J connectivity index is 1.80. The van der Waals surface area contributed by atoms with E-state index in [0.29, 0.717) is 29.6 Å². The van der Waals surface area contributed by atoms with E-state index < -0.39 is 5.97 Å². The molecule has 1 fully saturated rings.